The molecule has 1 amide bonds. The maximum atomic E-state index is 12.8. The van der Waals surface area contributed by atoms with Gasteiger partial charge in [-0.3, -0.25) is 9.79 Å². The first kappa shape index (κ1) is 24.9. The Hall–Kier alpha value is -1.32. The Kier molecular flexibility index (Phi) is 10.4. The molecule has 1 aromatic heterocycles. The summed E-state index contributed by atoms with van der Waals surface area (Å²) in [6, 6.07) is 2.28. The predicted molar refractivity (Wildman–Crippen MR) is 130 cm³/mol. The Bertz CT molecular complexity index is 683. The highest BCUT2D eigenvalue weighted by atomic mass is 127. The molecule has 1 saturated heterocycles. The predicted octanol–water partition coefficient (Wildman–Crippen LogP) is 4.04. The number of nitrogens with one attached hydrogen (secondary N) is 2. The fourth-order valence-electron chi connectivity index (χ4n) is 4.56. The van der Waals surface area contributed by atoms with Gasteiger partial charge in [-0.05, 0) is 32.1 Å². The van der Waals surface area contributed by atoms with Crippen molar-refractivity contribution in [1.82, 2.24) is 20.7 Å². The third-order valence-corrected chi connectivity index (χ3v) is 6.43. The van der Waals surface area contributed by atoms with E-state index in [4.69, 9.17) is 4.52 Å². The third-order valence-electron chi connectivity index (χ3n) is 6.43. The van der Waals surface area contributed by atoms with Crippen molar-refractivity contribution in [1.29, 1.82) is 0 Å². The lowest BCUT2D eigenvalue weighted by molar-refractivity contribution is -0.135. The number of carbonyl (C=O) groups excluding carboxylic acids is 1. The van der Waals surface area contributed by atoms with E-state index in [1.54, 1.807) is 7.05 Å². The number of aromatic nitrogens is 1. The molecule has 0 spiro atoms. The number of carbonyl (C=O) groups is 1. The summed E-state index contributed by atoms with van der Waals surface area (Å²) in [4.78, 5) is 19.1. The van der Waals surface area contributed by atoms with Crippen molar-refractivity contribution in [3.8, 4) is 0 Å². The summed E-state index contributed by atoms with van der Waals surface area (Å²) in [7, 11) is 1.77. The Balaban J connectivity index is 0.00000320. The smallest absolute Gasteiger partial charge is 0.225 e. The van der Waals surface area contributed by atoms with E-state index in [0.717, 1.165) is 62.6 Å². The van der Waals surface area contributed by atoms with Crippen LogP contribution >= 0.6 is 24.0 Å². The summed E-state index contributed by atoms with van der Waals surface area (Å²) in [6.07, 6.45) is 8.89. The van der Waals surface area contributed by atoms with Crippen molar-refractivity contribution in [3.05, 3.63) is 17.5 Å². The summed E-state index contributed by atoms with van der Waals surface area (Å²) < 4.78 is 5.48. The van der Waals surface area contributed by atoms with Crippen LogP contribution in [0.1, 0.15) is 82.6 Å². The minimum atomic E-state index is 0. The molecule has 2 fully saturated rings. The van der Waals surface area contributed by atoms with Crippen LogP contribution in [0.2, 0.25) is 0 Å². The van der Waals surface area contributed by atoms with Crippen molar-refractivity contribution in [3.63, 3.8) is 0 Å². The lowest BCUT2D eigenvalue weighted by atomic mass is 9.88. The highest BCUT2D eigenvalue weighted by Crippen LogP contribution is 2.27. The maximum Gasteiger partial charge on any atom is 0.225 e. The molecule has 1 aromatic rings. The molecule has 1 atom stereocenters. The average Bonchev–Trinajstić information content (AvgIpc) is 3.42. The van der Waals surface area contributed by atoms with Crippen LogP contribution in [0, 0.1) is 5.92 Å². The average molecular weight is 531 g/mol. The van der Waals surface area contributed by atoms with E-state index in [0.29, 0.717) is 18.4 Å². The summed E-state index contributed by atoms with van der Waals surface area (Å²) in [5.41, 5.74) is 1.03. The first-order valence-electron chi connectivity index (χ1n) is 11.4. The quantitative estimate of drug-likeness (QED) is 0.315. The van der Waals surface area contributed by atoms with E-state index in [1.165, 1.54) is 19.3 Å². The van der Waals surface area contributed by atoms with Gasteiger partial charge >= 0.3 is 0 Å². The molecule has 1 aliphatic heterocycles. The van der Waals surface area contributed by atoms with Crippen molar-refractivity contribution < 1.29 is 9.32 Å². The molecule has 2 heterocycles. The van der Waals surface area contributed by atoms with Crippen LogP contribution in [0.3, 0.4) is 0 Å². The summed E-state index contributed by atoms with van der Waals surface area (Å²) in [5, 5.41) is 11.0. The minimum absolute atomic E-state index is 0. The van der Waals surface area contributed by atoms with Crippen molar-refractivity contribution in [2.45, 2.75) is 83.7 Å². The number of likely N-dealkylation sites (tertiary alicyclic amines) is 1. The number of guanidine groups is 1. The molecule has 3 rings (SSSR count). The van der Waals surface area contributed by atoms with Crippen LogP contribution < -0.4 is 10.6 Å². The van der Waals surface area contributed by atoms with E-state index in [9.17, 15) is 4.79 Å². The lowest BCUT2D eigenvalue weighted by Crippen LogP contribution is -2.45. The molecule has 2 N–H and O–H groups in total. The second-order valence-corrected chi connectivity index (χ2v) is 8.41. The van der Waals surface area contributed by atoms with Gasteiger partial charge in [0.2, 0.25) is 5.91 Å². The molecule has 2 aliphatic rings. The lowest BCUT2D eigenvalue weighted by Gasteiger charge is -2.26. The molecule has 0 radical (unpaired) electrons. The Labute approximate surface area is 197 Å². The highest BCUT2D eigenvalue weighted by Gasteiger charge is 2.31. The topological polar surface area (TPSA) is 82.8 Å². The van der Waals surface area contributed by atoms with Crippen LogP contribution in [-0.2, 0) is 11.3 Å². The number of hydrogen-bond donors (Lipinski definition) is 2. The summed E-state index contributed by atoms with van der Waals surface area (Å²) in [5.74, 6) is 2.61. The zero-order valence-corrected chi connectivity index (χ0v) is 21.0. The molecular weight excluding hydrogens is 493 g/mol. The molecule has 7 nitrogen and oxygen atoms in total. The van der Waals surface area contributed by atoms with Crippen LogP contribution in [0.25, 0.3) is 0 Å². The normalized spacial score (nSPS) is 20.3. The molecule has 0 aromatic carbocycles. The van der Waals surface area contributed by atoms with Crippen LogP contribution in [0.4, 0.5) is 0 Å². The zero-order chi connectivity index (χ0) is 20.6. The van der Waals surface area contributed by atoms with Crippen molar-refractivity contribution in [2.24, 2.45) is 10.9 Å². The van der Waals surface area contributed by atoms with E-state index >= 15 is 0 Å². The number of aliphatic imine (C=N–C) groups is 1. The van der Waals surface area contributed by atoms with Gasteiger partial charge in [0.05, 0.1) is 12.2 Å². The van der Waals surface area contributed by atoms with Crippen LogP contribution in [0.15, 0.2) is 15.6 Å². The van der Waals surface area contributed by atoms with Gasteiger partial charge in [0.1, 0.15) is 0 Å². The van der Waals surface area contributed by atoms with Gasteiger partial charge < -0.3 is 20.1 Å². The largest absolute Gasteiger partial charge is 0.359 e. The van der Waals surface area contributed by atoms with E-state index in [-0.39, 0.29) is 35.9 Å². The van der Waals surface area contributed by atoms with Crippen LogP contribution in [-0.4, -0.2) is 48.1 Å². The fourth-order valence-corrected chi connectivity index (χ4v) is 4.56. The molecule has 170 valence electrons. The summed E-state index contributed by atoms with van der Waals surface area (Å²) >= 11 is 0. The second-order valence-electron chi connectivity index (χ2n) is 8.41. The SMILES string of the molecule is CCC(CC)c1cc(CNC(=NC)NC2CCN(C(=O)C3CCCCC3)C2)on1.I. The first-order valence-corrected chi connectivity index (χ1v) is 11.4. The molecule has 1 saturated carbocycles. The number of amides is 1. The van der Waals surface area contributed by atoms with Gasteiger partial charge in [-0.1, -0.05) is 38.3 Å². The van der Waals surface area contributed by atoms with Gasteiger partial charge in [-0.15, -0.1) is 24.0 Å². The number of hydrogen-bond acceptors (Lipinski definition) is 4. The Morgan fingerprint density at radius 1 is 1.27 bits per heavy atom. The minimum Gasteiger partial charge on any atom is -0.359 e. The van der Waals surface area contributed by atoms with Crippen LogP contribution in [0.5, 0.6) is 0 Å². The Morgan fingerprint density at radius 3 is 2.67 bits per heavy atom. The molecule has 1 aliphatic carbocycles. The van der Waals surface area contributed by atoms with Gasteiger partial charge in [0, 0.05) is 44.1 Å². The number of halogens is 1. The second kappa shape index (κ2) is 12.5. The standard InChI is InChI=1S/C22H37N5O2.HI/c1-4-16(5-2)20-13-19(29-26-20)14-24-22(23-3)25-18-11-12-27(15-18)21(28)17-9-7-6-8-10-17;/h13,16-18H,4-12,14-15H2,1-3H3,(H2,23,24,25);1H. The van der Waals surface area contributed by atoms with Gasteiger partial charge in [-0.2, -0.15) is 0 Å². The molecule has 30 heavy (non-hydrogen) atoms. The number of nitrogens with zero attached hydrogens (tertiary/aromatic N) is 3. The van der Waals surface area contributed by atoms with Gasteiger partial charge in [0.15, 0.2) is 11.7 Å². The van der Waals surface area contributed by atoms with E-state index in [2.05, 4.69) is 34.6 Å². The van der Waals surface area contributed by atoms with Gasteiger partial charge in [0.25, 0.3) is 0 Å². The molecule has 0 bridgehead atoms. The first-order chi connectivity index (χ1) is 14.1. The Morgan fingerprint density at radius 2 is 2.00 bits per heavy atom. The van der Waals surface area contributed by atoms with Gasteiger partial charge in [-0.25, -0.2) is 0 Å². The maximum absolute atomic E-state index is 12.8. The highest BCUT2D eigenvalue weighted by molar-refractivity contribution is 14.0. The van der Waals surface area contributed by atoms with E-state index < -0.39 is 0 Å². The summed E-state index contributed by atoms with van der Waals surface area (Å²) in [6.45, 7) is 6.50. The zero-order valence-electron chi connectivity index (χ0n) is 18.7. The van der Waals surface area contributed by atoms with Crippen molar-refractivity contribution in [2.75, 3.05) is 20.1 Å². The molecule has 1 unspecified atom stereocenters. The van der Waals surface area contributed by atoms with E-state index in [1.807, 2.05) is 11.0 Å². The number of rotatable bonds is 7. The molecule has 8 heteroatoms. The molecular formula is C22H38IN5O2. The fraction of sp³-hybridized carbons (Fsp3) is 0.773. The third kappa shape index (κ3) is 6.59. The van der Waals surface area contributed by atoms with Crippen molar-refractivity contribution >= 4 is 35.8 Å². The monoisotopic (exact) mass is 531 g/mol.